The highest BCUT2D eigenvalue weighted by Gasteiger charge is 2.54. The molecule has 0 amide bonds. The topological polar surface area (TPSA) is 6.48 Å². The van der Waals surface area contributed by atoms with Crippen molar-refractivity contribution in [2.45, 2.75) is 10.8 Å². The van der Waals surface area contributed by atoms with E-state index in [2.05, 4.69) is 532 Å². The largest absolute Gasteiger partial charge is 0.310 e. The first kappa shape index (κ1) is 79.3. The van der Waals surface area contributed by atoms with Gasteiger partial charge in [-0.25, -0.2) is 0 Å². The van der Waals surface area contributed by atoms with Gasteiger partial charge in [-0.05, 0) is 304 Å². The minimum atomic E-state index is -0.519. The molecule has 0 bridgehead atoms. The lowest BCUT2D eigenvalue weighted by atomic mass is 9.70. The molecule has 140 heavy (non-hydrogen) atoms. The van der Waals surface area contributed by atoms with Crippen LogP contribution in [0.5, 0.6) is 0 Å². The third-order valence-electron chi connectivity index (χ3n) is 31.2. The molecule has 30 rings (SSSR count). The minimum Gasteiger partial charge on any atom is -0.310 e. The van der Waals surface area contributed by atoms with E-state index in [1.165, 1.54) is 230 Å². The summed E-state index contributed by atoms with van der Waals surface area (Å²) in [6.07, 6.45) is 0. The number of nitrogens with zero attached hydrogens (tertiary/aromatic N) is 2. The Bertz CT molecular complexity index is 9560. The first-order chi connectivity index (χ1) is 69.4. The minimum absolute atomic E-state index is 0.514. The van der Waals surface area contributed by atoms with Gasteiger partial charge in [-0.15, -0.1) is 0 Å². The fourth-order valence-electron chi connectivity index (χ4n) is 25.1. The summed E-state index contributed by atoms with van der Waals surface area (Å²) in [5.74, 6) is 0. The van der Waals surface area contributed by atoms with Crippen LogP contribution in [0.1, 0.15) is 44.5 Å². The number of fused-ring (bicyclic) bond motifs is 36. The van der Waals surface area contributed by atoms with Crippen LogP contribution in [0.15, 0.2) is 522 Å². The van der Waals surface area contributed by atoms with Crippen LogP contribution < -0.4 is 9.80 Å². The van der Waals surface area contributed by atoms with Crippen molar-refractivity contribution in [2.75, 3.05) is 9.80 Å². The van der Waals surface area contributed by atoms with E-state index in [0.29, 0.717) is 0 Å². The van der Waals surface area contributed by atoms with Crippen LogP contribution >= 0.6 is 0 Å². The van der Waals surface area contributed by atoms with Crippen molar-refractivity contribution in [1.29, 1.82) is 0 Å². The Hall–Kier alpha value is -18.1. The van der Waals surface area contributed by atoms with Gasteiger partial charge in [0.25, 0.3) is 0 Å². The highest BCUT2D eigenvalue weighted by atomic mass is 15.2. The maximum absolute atomic E-state index is 2.57. The van der Waals surface area contributed by atoms with Crippen molar-refractivity contribution in [3.05, 3.63) is 566 Å². The number of benzene rings is 26. The second kappa shape index (κ2) is 31.2. The van der Waals surface area contributed by atoms with Gasteiger partial charge < -0.3 is 9.80 Å². The van der Waals surface area contributed by atoms with Gasteiger partial charge in [-0.2, -0.15) is 0 Å². The summed E-state index contributed by atoms with van der Waals surface area (Å²) in [4.78, 5) is 5.12. The third kappa shape index (κ3) is 11.8. The highest BCUT2D eigenvalue weighted by Crippen LogP contribution is 2.67. The van der Waals surface area contributed by atoms with E-state index in [9.17, 15) is 0 Å². The molecule has 0 saturated heterocycles. The molecule has 0 saturated carbocycles. The second-order valence-corrected chi connectivity index (χ2v) is 38.2. The molecular weight excluding hydrogens is 1690 g/mol. The number of hydrogen-bond acceptors (Lipinski definition) is 2. The van der Waals surface area contributed by atoms with Gasteiger partial charge in [-0.1, -0.05) is 443 Å². The molecule has 0 heterocycles. The summed E-state index contributed by atoms with van der Waals surface area (Å²) in [6, 6.07) is 196. The first-order valence-corrected chi connectivity index (χ1v) is 48.8. The molecule has 4 aliphatic rings. The lowest BCUT2D eigenvalue weighted by Crippen LogP contribution is -2.26. The van der Waals surface area contributed by atoms with Crippen molar-refractivity contribution in [1.82, 2.24) is 0 Å². The lowest BCUT2D eigenvalue weighted by molar-refractivity contribution is 0.794. The standard InChI is InChI=1S/2C69H43N/c1-3-17-48-39-50(34-31-44(48)15-1)46-29-32-47(33-30-46)61-42-63-60-25-11-14-28-66(60)69(64-26-12-9-23-58(64)59-24-10-13-27-65(59)69)67(63)43-68(61)70(51-36-35-45-16-2-4-18-49(45)40-51)52-37-38-57-55-21-6-5-19-53(55)54-20-7-8-22-56(54)62(57)41-52;1-2-18-48-40-49(37-34-44(48)16-1)45-32-35-47(36-33-45)60-42-62-59-27-11-14-30-65(59)69(63-28-12-9-25-57(63)58-26-10-13-29-64(58)69)66(62)43-68(60)70(67-31-15-19-46-17-3-4-20-51(46)67)50-38-39-56-54-23-6-5-21-52(54)53-22-7-8-24-55(53)61(56)41-50/h2*1-43H. The van der Waals surface area contributed by atoms with E-state index in [4.69, 9.17) is 0 Å². The predicted octanol–water partition coefficient (Wildman–Crippen LogP) is 37.2. The molecule has 0 aromatic heterocycles. The highest BCUT2D eigenvalue weighted by molar-refractivity contribution is 6.28. The number of rotatable bonds is 10. The molecule has 26 aromatic rings. The van der Waals surface area contributed by atoms with Crippen LogP contribution in [0.3, 0.4) is 0 Å². The molecule has 0 unspecified atom stereocenters. The molecule has 4 aliphatic carbocycles. The van der Waals surface area contributed by atoms with E-state index >= 15 is 0 Å². The molecule has 2 heteroatoms. The van der Waals surface area contributed by atoms with Gasteiger partial charge in [0.15, 0.2) is 0 Å². The van der Waals surface area contributed by atoms with Gasteiger partial charge >= 0.3 is 0 Å². The molecule has 26 aromatic carbocycles. The Morgan fingerprint density at radius 3 is 0.757 bits per heavy atom. The number of hydrogen-bond donors (Lipinski definition) is 0. The number of anilines is 6. The van der Waals surface area contributed by atoms with Gasteiger partial charge in [-0.3, -0.25) is 0 Å². The summed E-state index contributed by atoms with van der Waals surface area (Å²) >= 11 is 0. The smallest absolute Gasteiger partial charge is 0.0726 e. The van der Waals surface area contributed by atoms with E-state index in [1.807, 2.05) is 0 Å². The summed E-state index contributed by atoms with van der Waals surface area (Å²) in [7, 11) is 0. The molecule has 0 fully saturated rings. The summed E-state index contributed by atoms with van der Waals surface area (Å²) in [6.45, 7) is 0. The van der Waals surface area contributed by atoms with Crippen molar-refractivity contribution in [3.63, 3.8) is 0 Å². The van der Waals surface area contributed by atoms with Gasteiger partial charge in [0.2, 0.25) is 0 Å². The maximum atomic E-state index is 2.57. The Morgan fingerprint density at radius 1 is 0.114 bits per heavy atom. The van der Waals surface area contributed by atoms with Crippen LogP contribution in [0, 0.1) is 0 Å². The second-order valence-electron chi connectivity index (χ2n) is 38.2. The van der Waals surface area contributed by atoms with Gasteiger partial charge in [0.1, 0.15) is 0 Å². The van der Waals surface area contributed by atoms with Crippen molar-refractivity contribution in [2.24, 2.45) is 0 Å². The predicted molar refractivity (Wildman–Crippen MR) is 592 cm³/mol. The molecule has 0 aliphatic heterocycles. The molecule has 0 radical (unpaired) electrons. The lowest BCUT2D eigenvalue weighted by Gasteiger charge is -2.34. The molecule has 0 N–H and O–H groups in total. The summed E-state index contributed by atoms with van der Waals surface area (Å²) in [5.41, 5.74) is 36.1. The van der Waals surface area contributed by atoms with Crippen LogP contribution in [-0.4, -0.2) is 0 Å². The van der Waals surface area contributed by atoms with Gasteiger partial charge in [0.05, 0.1) is 27.9 Å². The van der Waals surface area contributed by atoms with E-state index < -0.39 is 10.8 Å². The molecule has 2 nitrogen and oxygen atoms in total. The zero-order chi connectivity index (χ0) is 91.8. The van der Waals surface area contributed by atoms with Crippen molar-refractivity contribution in [3.8, 4) is 89.0 Å². The quantitative estimate of drug-likeness (QED) is 0.126. The van der Waals surface area contributed by atoms with Crippen LogP contribution in [0.4, 0.5) is 34.1 Å². The van der Waals surface area contributed by atoms with E-state index in [1.54, 1.807) is 0 Å². The van der Waals surface area contributed by atoms with Gasteiger partial charge in [0, 0.05) is 33.6 Å². The Labute approximate surface area is 811 Å². The first-order valence-electron chi connectivity index (χ1n) is 48.8. The zero-order valence-corrected chi connectivity index (χ0v) is 76.5. The van der Waals surface area contributed by atoms with E-state index in [-0.39, 0.29) is 0 Å². The van der Waals surface area contributed by atoms with Crippen LogP contribution in [0.25, 0.3) is 197 Å². The zero-order valence-electron chi connectivity index (χ0n) is 76.5. The Kier molecular flexibility index (Phi) is 17.7. The third-order valence-corrected chi connectivity index (χ3v) is 31.2. The summed E-state index contributed by atoms with van der Waals surface area (Å²) in [5, 5.41) is 24.9. The molecule has 648 valence electrons. The Morgan fingerprint density at radius 2 is 0.371 bits per heavy atom. The molecular formula is C138H86N2. The molecule has 2 spiro atoms. The van der Waals surface area contributed by atoms with Crippen LogP contribution in [-0.2, 0) is 10.8 Å². The van der Waals surface area contributed by atoms with Crippen LogP contribution in [0.2, 0.25) is 0 Å². The Balaban J connectivity index is 0.000000134. The average Bonchev–Trinajstić information content (AvgIpc) is 1.51. The molecule has 0 atom stereocenters. The summed E-state index contributed by atoms with van der Waals surface area (Å²) < 4.78 is 0. The monoisotopic (exact) mass is 1770 g/mol. The average molecular weight is 1770 g/mol. The van der Waals surface area contributed by atoms with Crippen molar-refractivity contribution < 1.29 is 0 Å². The normalized spacial score (nSPS) is 13.0. The van der Waals surface area contributed by atoms with E-state index in [0.717, 1.165) is 45.3 Å². The SMILES string of the molecule is c1ccc2c(c1)-c1ccccc1C21c2ccccc2-c2cc(-c3ccc(-c4ccc5ccccc5c4)cc3)c(N(c3ccc4c5ccccc5c5ccccc5c4c3)c3cccc4ccccc34)cc21.c1ccc2c(c1)-c1ccccc1C21c2ccccc2-c2cc(-c3ccc(-c4ccc5ccccc5c4)cc3)c(N(c3ccc4ccccc4c3)c3ccc4c5ccccc5c5ccccc5c4c3)cc21. The maximum Gasteiger partial charge on any atom is 0.0726 e. The fourth-order valence-corrected chi connectivity index (χ4v) is 25.1. The fraction of sp³-hybridized carbons (Fsp3) is 0.0145. The van der Waals surface area contributed by atoms with Crippen molar-refractivity contribution >= 4 is 142 Å².